The largest absolute Gasteiger partial charge is 0.489 e. The number of piperidine rings is 1. The lowest BCUT2D eigenvalue weighted by molar-refractivity contribution is 0.0916. The minimum absolute atomic E-state index is 0.0438. The van der Waals surface area contributed by atoms with E-state index in [2.05, 4.69) is 17.3 Å². The topological polar surface area (TPSA) is 41.6 Å². The van der Waals surface area contributed by atoms with Crippen LogP contribution in [0.1, 0.15) is 28.8 Å². The second-order valence-electron chi connectivity index (χ2n) is 6.46. The minimum atomic E-state index is -0.0438. The number of rotatable bonds is 5. The fourth-order valence-electron chi connectivity index (χ4n) is 2.93. The van der Waals surface area contributed by atoms with E-state index < -0.39 is 0 Å². The average molecular weight is 359 g/mol. The van der Waals surface area contributed by atoms with Gasteiger partial charge in [0.05, 0.1) is 0 Å². The third-order valence-corrected chi connectivity index (χ3v) is 4.87. The predicted molar refractivity (Wildman–Crippen MR) is 100 cm³/mol. The second kappa shape index (κ2) is 8.37. The summed E-state index contributed by atoms with van der Waals surface area (Å²) in [6.45, 7) is 2.41. The molecule has 1 heterocycles. The highest BCUT2D eigenvalue weighted by molar-refractivity contribution is 6.31. The van der Waals surface area contributed by atoms with E-state index >= 15 is 0 Å². The smallest absolute Gasteiger partial charge is 0.251 e. The molecule has 132 valence electrons. The zero-order chi connectivity index (χ0) is 17.6. The number of hydrogen-bond donors (Lipinski definition) is 1. The Morgan fingerprint density at radius 3 is 2.72 bits per heavy atom. The molecule has 2 aromatic carbocycles. The normalized spacial score (nSPS) is 15.8. The Bertz CT molecular complexity index is 727. The van der Waals surface area contributed by atoms with Crippen LogP contribution >= 0.6 is 11.6 Å². The van der Waals surface area contributed by atoms with Crippen LogP contribution in [0.25, 0.3) is 0 Å². The van der Waals surface area contributed by atoms with Crippen molar-refractivity contribution in [3.05, 3.63) is 64.7 Å². The first kappa shape index (κ1) is 17.8. The molecule has 1 N–H and O–H groups in total. The second-order valence-corrected chi connectivity index (χ2v) is 6.87. The Kier molecular flexibility index (Phi) is 5.95. The van der Waals surface area contributed by atoms with Gasteiger partial charge in [0.15, 0.2) is 0 Å². The molecule has 0 aliphatic carbocycles. The van der Waals surface area contributed by atoms with Crippen LogP contribution in [-0.4, -0.2) is 37.0 Å². The highest BCUT2D eigenvalue weighted by Gasteiger charge is 2.19. The van der Waals surface area contributed by atoms with Gasteiger partial charge in [0, 0.05) is 22.2 Å². The molecule has 0 bridgehead atoms. The van der Waals surface area contributed by atoms with Gasteiger partial charge in [-0.05, 0) is 57.2 Å². The first-order chi connectivity index (χ1) is 12.1. The average Bonchev–Trinajstić information content (AvgIpc) is 2.63. The first-order valence-electron chi connectivity index (χ1n) is 8.57. The molecular weight excluding hydrogens is 336 g/mol. The standard InChI is InChI=1S/C20H23ClN2O2/c1-23-11-9-17(10-12-23)22-20(24)15-6-4-7-18(13-15)25-14-16-5-2-3-8-19(16)21/h2-8,13,17H,9-12,14H2,1H3,(H,22,24). The quantitative estimate of drug-likeness (QED) is 0.885. The number of benzene rings is 2. The molecule has 5 heteroatoms. The van der Waals surface area contributed by atoms with Crippen molar-refractivity contribution >= 4 is 17.5 Å². The molecule has 1 fully saturated rings. The molecule has 1 aliphatic heterocycles. The van der Waals surface area contributed by atoms with E-state index in [4.69, 9.17) is 16.3 Å². The van der Waals surface area contributed by atoms with Crippen LogP contribution in [-0.2, 0) is 6.61 Å². The molecule has 0 radical (unpaired) electrons. The number of nitrogens with one attached hydrogen (secondary N) is 1. The van der Waals surface area contributed by atoms with Crippen molar-refractivity contribution in [3.8, 4) is 5.75 Å². The summed E-state index contributed by atoms with van der Waals surface area (Å²) in [6, 6.07) is 15.1. The Morgan fingerprint density at radius 2 is 1.96 bits per heavy atom. The van der Waals surface area contributed by atoms with Gasteiger partial charge in [-0.25, -0.2) is 0 Å². The summed E-state index contributed by atoms with van der Waals surface area (Å²) in [5, 5.41) is 3.80. The first-order valence-corrected chi connectivity index (χ1v) is 8.95. The molecule has 0 atom stereocenters. The third kappa shape index (κ3) is 4.97. The summed E-state index contributed by atoms with van der Waals surface area (Å²) in [5.41, 5.74) is 1.54. The maximum absolute atomic E-state index is 12.5. The molecule has 1 saturated heterocycles. The van der Waals surface area contributed by atoms with Crippen molar-refractivity contribution in [3.63, 3.8) is 0 Å². The fourth-order valence-corrected chi connectivity index (χ4v) is 3.12. The van der Waals surface area contributed by atoms with Crippen LogP contribution in [0.2, 0.25) is 5.02 Å². The van der Waals surface area contributed by atoms with Crippen LogP contribution in [0.4, 0.5) is 0 Å². The zero-order valence-electron chi connectivity index (χ0n) is 14.4. The van der Waals surface area contributed by atoms with Crippen molar-refractivity contribution in [1.29, 1.82) is 0 Å². The van der Waals surface area contributed by atoms with E-state index in [1.54, 1.807) is 6.07 Å². The van der Waals surface area contributed by atoms with Gasteiger partial charge in [-0.15, -0.1) is 0 Å². The Morgan fingerprint density at radius 1 is 1.20 bits per heavy atom. The van der Waals surface area contributed by atoms with Crippen LogP contribution in [0.15, 0.2) is 48.5 Å². The Hall–Kier alpha value is -2.04. The van der Waals surface area contributed by atoms with Gasteiger partial charge in [0.25, 0.3) is 5.91 Å². The van der Waals surface area contributed by atoms with Crippen LogP contribution in [0.3, 0.4) is 0 Å². The van der Waals surface area contributed by atoms with Gasteiger partial charge in [-0.2, -0.15) is 0 Å². The lowest BCUT2D eigenvalue weighted by Crippen LogP contribution is -2.43. The maximum atomic E-state index is 12.5. The molecule has 1 aliphatic rings. The molecule has 0 spiro atoms. The van der Waals surface area contributed by atoms with Gasteiger partial charge in [-0.3, -0.25) is 4.79 Å². The number of likely N-dealkylation sites (tertiary alicyclic amines) is 1. The highest BCUT2D eigenvalue weighted by atomic mass is 35.5. The maximum Gasteiger partial charge on any atom is 0.251 e. The lowest BCUT2D eigenvalue weighted by atomic mass is 10.0. The van der Waals surface area contributed by atoms with Gasteiger partial charge in [0.1, 0.15) is 12.4 Å². The summed E-state index contributed by atoms with van der Waals surface area (Å²) >= 11 is 6.14. The summed E-state index contributed by atoms with van der Waals surface area (Å²) in [6.07, 6.45) is 1.98. The van der Waals surface area contributed by atoms with E-state index in [0.717, 1.165) is 31.5 Å². The zero-order valence-corrected chi connectivity index (χ0v) is 15.1. The van der Waals surface area contributed by atoms with Crippen molar-refractivity contribution in [2.24, 2.45) is 0 Å². The molecule has 0 saturated carbocycles. The number of nitrogens with zero attached hydrogens (tertiary/aromatic N) is 1. The lowest BCUT2D eigenvalue weighted by Gasteiger charge is -2.29. The van der Waals surface area contributed by atoms with E-state index in [0.29, 0.717) is 22.9 Å². The number of carbonyl (C=O) groups excluding carboxylic acids is 1. The number of hydrogen-bond acceptors (Lipinski definition) is 3. The molecule has 3 rings (SSSR count). The Balaban J connectivity index is 1.59. The van der Waals surface area contributed by atoms with Crippen molar-refractivity contribution < 1.29 is 9.53 Å². The molecule has 2 aromatic rings. The minimum Gasteiger partial charge on any atom is -0.489 e. The predicted octanol–water partition coefficient (Wildman–Crippen LogP) is 3.74. The van der Waals surface area contributed by atoms with E-state index in [9.17, 15) is 4.79 Å². The number of ether oxygens (including phenoxy) is 1. The number of amides is 1. The highest BCUT2D eigenvalue weighted by Crippen LogP contribution is 2.20. The van der Waals surface area contributed by atoms with Gasteiger partial charge in [0.2, 0.25) is 0 Å². The summed E-state index contributed by atoms with van der Waals surface area (Å²) in [7, 11) is 2.11. The third-order valence-electron chi connectivity index (χ3n) is 4.50. The SMILES string of the molecule is CN1CCC(NC(=O)c2cccc(OCc3ccccc3Cl)c2)CC1. The fraction of sp³-hybridized carbons (Fsp3) is 0.350. The van der Waals surface area contributed by atoms with Crippen LogP contribution < -0.4 is 10.1 Å². The number of carbonyl (C=O) groups is 1. The molecule has 0 unspecified atom stereocenters. The molecule has 4 nitrogen and oxygen atoms in total. The van der Waals surface area contributed by atoms with Crippen LogP contribution in [0, 0.1) is 0 Å². The Labute approximate surface area is 153 Å². The van der Waals surface area contributed by atoms with Crippen LogP contribution in [0.5, 0.6) is 5.75 Å². The van der Waals surface area contributed by atoms with Crippen molar-refractivity contribution in [1.82, 2.24) is 10.2 Å². The van der Waals surface area contributed by atoms with Gasteiger partial charge >= 0.3 is 0 Å². The van der Waals surface area contributed by atoms with E-state index in [-0.39, 0.29) is 11.9 Å². The summed E-state index contributed by atoms with van der Waals surface area (Å²) in [4.78, 5) is 14.8. The summed E-state index contributed by atoms with van der Waals surface area (Å²) < 4.78 is 5.80. The number of halogens is 1. The van der Waals surface area contributed by atoms with Crippen molar-refractivity contribution in [2.75, 3.05) is 20.1 Å². The summed E-state index contributed by atoms with van der Waals surface area (Å²) in [5.74, 6) is 0.619. The van der Waals surface area contributed by atoms with Gasteiger partial charge < -0.3 is 15.0 Å². The molecule has 1 amide bonds. The molecular formula is C20H23ClN2O2. The molecule has 25 heavy (non-hydrogen) atoms. The molecule has 0 aromatic heterocycles. The monoisotopic (exact) mass is 358 g/mol. The van der Waals surface area contributed by atoms with Gasteiger partial charge in [-0.1, -0.05) is 35.9 Å². The van der Waals surface area contributed by atoms with Crippen molar-refractivity contribution in [2.45, 2.75) is 25.5 Å². The van der Waals surface area contributed by atoms with E-state index in [1.165, 1.54) is 0 Å². The van der Waals surface area contributed by atoms with E-state index in [1.807, 2.05) is 42.5 Å².